The quantitative estimate of drug-likeness (QED) is 0.333. The first-order chi connectivity index (χ1) is 11.2. The Morgan fingerprint density at radius 2 is 2.08 bits per heavy atom. The molecule has 142 valence electrons. The number of hydrogen-bond donors (Lipinski definition) is 2. The highest BCUT2D eigenvalue weighted by molar-refractivity contribution is 14.0. The van der Waals surface area contributed by atoms with E-state index in [1.54, 1.807) is 0 Å². The number of aliphatic imine (C=N–C) groups is 1. The highest BCUT2D eigenvalue weighted by Gasteiger charge is 2.19. The van der Waals surface area contributed by atoms with E-state index in [-0.39, 0.29) is 36.1 Å². The van der Waals surface area contributed by atoms with Crippen molar-refractivity contribution in [2.75, 3.05) is 47.0 Å². The monoisotopic (exact) mass is 454 g/mol. The van der Waals surface area contributed by atoms with Crippen molar-refractivity contribution < 1.29 is 9.47 Å². The maximum Gasteiger partial charge on any atom is 0.191 e. The van der Waals surface area contributed by atoms with Crippen LogP contribution in [0.15, 0.2) is 4.99 Å². The van der Waals surface area contributed by atoms with Gasteiger partial charge in [0, 0.05) is 38.8 Å². The van der Waals surface area contributed by atoms with E-state index in [4.69, 9.17) is 9.47 Å². The van der Waals surface area contributed by atoms with Gasteiger partial charge in [-0.3, -0.25) is 4.99 Å². The fourth-order valence-electron chi connectivity index (χ4n) is 3.27. The molecular weight excluding hydrogens is 419 g/mol. The summed E-state index contributed by atoms with van der Waals surface area (Å²) in [5.41, 5.74) is 0. The molecule has 24 heavy (non-hydrogen) atoms. The van der Waals surface area contributed by atoms with E-state index in [0.29, 0.717) is 6.61 Å². The van der Waals surface area contributed by atoms with Crippen molar-refractivity contribution in [2.24, 2.45) is 4.99 Å². The molecule has 0 aromatic rings. The number of likely N-dealkylation sites (N-methyl/N-ethyl adjacent to an activating group) is 1. The summed E-state index contributed by atoms with van der Waals surface area (Å²) in [6, 6.07) is 1.00. The van der Waals surface area contributed by atoms with Gasteiger partial charge in [0.2, 0.25) is 0 Å². The van der Waals surface area contributed by atoms with Gasteiger partial charge in [0.1, 0.15) is 0 Å². The van der Waals surface area contributed by atoms with Gasteiger partial charge in [0.05, 0.1) is 19.3 Å². The van der Waals surface area contributed by atoms with Crippen LogP contribution in [0.4, 0.5) is 0 Å². The number of ether oxygens (including phenoxy) is 2. The van der Waals surface area contributed by atoms with E-state index in [1.165, 1.54) is 25.7 Å². The lowest BCUT2D eigenvalue weighted by Gasteiger charge is -2.25. The average Bonchev–Trinajstić information content (AvgIpc) is 3.24. The van der Waals surface area contributed by atoms with E-state index >= 15 is 0 Å². The van der Waals surface area contributed by atoms with Crippen LogP contribution < -0.4 is 10.6 Å². The van der Waals surface area contributed by atoms with Crippen LogP contribution in [0.5, 0.6) is 0 Å². The molecule has 2 N–H and O–H groups in total. The number of nitrogens with zero attached hydrogens (tertiary/aromatic N) is 2. The summed E-state index contributed by atoms with van der Waals surface area (Å²) in [6.07, 6.45) is 6.73. The van der Waals surface area contributed by atoms with Gasteiger partial charge in [-0.25, -0.2) is 0 Å². The largest absolute Gasteiger partial charge is 0.379 e. The van der Waals surface area contributed by atoms with Gasteiger partial charge < -0.3 is 25.0 Å². The summed E-state index contributed by atoms with van der Waals surface area (Å²) in [5.74, 6) is 0.851. The fraction of sp³-hybridized carbons (Fsp3) is 0.941. The third-order valence-corrected chi connectivity index (χ3v) is 4.78. The summed E-state index contributed by atoms with van der Waals surface area (Å²) in [5, 5.41) is 6.79. The van der Waals surface area contributed by atoms with Gasteiger partial charge >= 0.3 is 0 Å². The first kappa shape index (κ1) is 21.9. The Bertz CT molecular complexity index is 358. The number of halogens is 1. The lowest BCUT2D eigenvalue weighted by atomic mass is 10.2. The molecule has 1 aliphatic carbocycles. The van der Waals surface area contributed by atoms with Gasteiger partial charge in [-0.2, -0.15) is 0 Å². The Morgan fingerprint density at radius 1 is 1.33 bits per heavy atom. The Morgan fingerprint density at radius 3 is 2.71 bits per heavy atom. The molecule has 0 spiro atoms. The van der Waals surface area contributed by atoms with Crippen LogP contribution in [0, 0.1) is 0 Å². The van der Waals surface area contributed by atoms with E-state index in [9.17, 15) is 0 Å². The third kappa shape index (κ3) is 7.84. The van der Waals surface area contributed by atoms with Crippen molar-refractivity contribution in [1.29, 1.82) is 0 Å². The van der Waals surface area contributed by atoms with Crippen molar-refractivity contribution in [3.05, 3.63) is 0 Å². The van der Waals surface area contributed by atoms with Gasteiger partial charge in [0.25, 0.3) is 0 Å². The Kier molecular flexibility index (Phi) is 11.2. The molecule has 2 atom stereocenters. The molecule has 1 saturated heterocycles. The predicted octanol–water partition coefficient (Wildman–Crippen LogP) is 1.84. The molecule has 6 nitrogen and oxygen atoms in total. The van der Waals surface area contributed by atoms with Crippen LogP contribution in [0.3, 0.4) is 0 Å². The molecule has 7 heteroatoms. The maximum atomic E-state index is 5.84. The third-order valence-electron chi connectivity index (χ3n) is 4.78. The molecular formula is C17H35IN4O2. The van der Waals surface area contributed by atoms with Crippen LogP contribution in [0.2, 0.25) is 0 Å². The fourth-order valence-corrected chi connectivity index (χ4v) is 3.27. The van der Waals surface area contributed by atoms with E-state index in [0.717, 1.165) is 44.7 Å². The molecule has 2 rings (SSSR count). The molecule has 2 aliphatic rings. The maximum absolute atomic E-state index is 5.84. The Balaban J connectivity index is 0.00000288. The number of hydrogen-bond acceptors (Lipinski definition) is 4. The molecule has 1 saturated carbocycles. The SMILES string of the molecule is CN=C(NCCN(C)C1CCCC1)NC(C)COC1CCOC1.I. The summed E-state index contributed by atoms with van der Waals surface area (Å²) >= 11 is 0. The van der Waals surface area contributed by atoms with E-state index in [1.807, 2.05) is 7.05 Å². The minimum atomic E-state index is 0. The minimum Gasteiger partial charge on any atom is -0.379 e. The normalized spacial score (nSPS) is 23.3. The summed E-state index contributed by atoms with van der Waals surface area (Å²) in [7, 11) is 4.04. The predicted molar refractivity (Wildman–Crippen MR) is 109 cm³/mol. The molecule has 2 unspecified atom stereocenters. The van der Waals surface area contributed by atoms with Gasteiger partial charge in [0.15, 0.2) is 5.96 Å². The second kappa shape index (κ2) is 12.3. The summed E-state index contributed by atoms with van der Waals surface area (Å²) in [6.45, 7) is 6.31. The molecule has 0 amide bonds. The molecule has 1 aliphatic heterocycles. The van der Waals surface area contributed by atoms with Crippen LogP contribution in [0.25, 0.3) is 0 Å². The molecule has 2 fully saturated rings. The number of rotatable bonds is 8. The molecule has 0 aromatic heterocycles. The summed E-state index contributed by atoms with van der Waals surface area (Å²) in [4.78, 5) is 6.77. The van der Waals surface area contributed by atoms with Crippen LogP contribution in [-0.2, 0) is 9.47 Å². The van der Waals surface area contributed by atoms with Crippen molar-refractivity contribution in [3.8, 4) is 0 Å². The minimum absolute atomic E-state index is 0. The smallest absolute Gasteiger partial charge is 0.191 e. The first-order valence-corrected chi connectivity index (χ1v) is 9.06. The van der Waals surface area contributed by atoms with Crippen LogP contribution in [0.1, 0.15) is 39.0 Å². The van der Waals surface area contributed by atoms with E-state index < -0.39 is 0 Å². The lowest BCUT2D eigenvalue weighted by Crippen LogP contribution is -2.46. The topological polar surface area (TPSA) is 58.1 Å². The van der Waals surface area contributed by atoms with E-state index in [2.05, 4.69) is 34.5 Å². The Labute approximate surface area is 164 Å². The summed E-state index contributed by atoms with van der Waals surface area (Å²) < 4.78 is 11.2. The van der Waals surface area contributed by atoms with Gasteiger partial charge in [-0.15, -0.1) is 24.0 Å². The second-order valence-corrected chi connectivity index (χ2v) is 6.78. The standard InChI is InChI=1S/C17H34N4O2.HI/c1-14(12-23-16-8-11-22-13-16)20-17(18-2)19-9-10-21(3)15-6-4-5-7-15;/h14-16H,4-13H2,1-3H3,(H2,18,19,20);1H. The van der Waals surface area contributed by atoms with Crippen molar-refractivity contribution >= 4 is 29.9 Å². The van der Waals surface area contributed by atoms with Gasteiger partial charge in [-0.05, 0) is 33.2 Å². The molecule has 1 heterocycles. The van der Waals surface area contributed by atoms with Crippen molar-refractivity contribution in [3.63, 3.8) is 0 Å². The van der Waals surface area contributed by atoms with Crippen LogP contribution >= 0.6 is 24.0 Å². The van der Waals surface area contributed by atoms with Crippen LogP contribution in [-0.4, -0.2) is 76.1 Å². The molecule has 0 aromatic carbocycles. The highest BCUT2D eigenvalue weighted by atomic mass is 127. The highest BCUT2D eigenvalue weighted by Crippen LogP contribution is 2.21. The average molecular weight is 454 g/mol. The van der Waals surface area contributed by atoms with Crippen molar-refractivity contribution in [1.82, 2.24) is 15.5 Å². The zero-order valence-electron chi connectivity index (χ0n) is 15.4. The molecule has 0 radical (unpaired) electrons. The number of nitrogens with one attached hydrogen (secondary N) is 2. The first-order valence-electron chi connectivity index (χ1n) is 9.06. The van der Waals surface area contributed by atoms with Gasteiger partial charge in [-0.1, -0.05) is 12.8 Å². The zero-order chi connectivity index (χ0) is 16.5. The number of guanidine groups is 1. The lowest BCUT2D eigenvalue weighted by molar-refractivity contribution is 0.0347. The Hall–Kier alpha value is -0.120. The molecule has 0 bridgehead atoms. The second-order valence-electron chi connectivity index (χ2n) is 6.78. The zero-order valence-corrected chi connectivity index (χ0v) is 17.8. The van der Waals surface area contributed by atoms with Crippen molar-refractivity contribution in [2.45, 2.75) is 57.2 Å².